The van der Waals surface area contributed by atoms with Crippen LogP contribution < -0.4 is 10.4 Å². The van der Waals surface area contributed by atoms with Gasteiger partial charge in [0.05, 0.1) is 0 Å². The molecule has 4 aromatic carbocycles. The van der Waals surface area contributed by atoms with E-state index in [9.17, 15) is 0 Å². The Labute approximate surface area is 163 Å². The van der Waals surface area contributed by atoms with Crippen molar-refractivity contribution >= 4 is 12.2 Å². The molecule has 28 heavy (non-hydrogen) atoms. The van der Waals surface area contributed by atoms with Crippen LogP contribution in [-0.2, 0) is 0 Å². The lowest BCUT2D eigenvalue weighted by molar-refractivity contribution is 1.33. The van der Waals surface area contributed by atoms with Gasteiger partial charge >= 0.3 is 0 Å². The zero-order valence-electron chi connectivity index (χ0n) is 15.5. The minimum atomic E-state index is 1.23. The molecule has 1 aliphatic rings. The molecule has 0 bridgehead atoms. The third kappa shape index (κ3) is 2.90. The van der Waals surface area contributed by atoms with Crippen LogP contribution in [0.25, 0.3) is 12.2 Å². The number of hydrogen-bond donors (Lipinski definition) is 0. The summed E-state index contributed by atoms with van der Waals surface area (Å²) < 4.78 is 0. The highest BCUT2D eigenvalue weighted by molar-refractivity contribution is 5.47. The predicted octanol–water partition coefficient (Wildman–Crippen LogP) is 4.68. The highest BCUT2D eigenvalue weighted by Gasteiger charge is 1.95. The first-order valence-corrected chi connectivity index (χ1v) is 9.64. The summed E-state index contributed by atoms with van der Waals surface area (Å²) in [4.78, 5) is 0. The monoisotopic (exact) mass is 356 g/mol. The van der Waals surface area contributed by atoms with Gasteiger partial charge in [0.15, 0.2) is 0 Å². The minimum Gasteiger partial charge on any atom is -0.0616 e. The summed E-state index contributed by atoms with van der Waals surface area (Å²) in [5, 5.41) is 10.0. The van der Waals surface area contributed by atoms with E-state index in [2.05, 4.69) is 121 Å². The normalized spacial score (nSPS) is 19.4. The van der Waals surface area contributed by atoms with Crippen molar-refractivity contribution in [3.05, 3.63) is 151 Å². The standard InChI is InChI=1S/C28H20/c1-2-12-22-14-4-6-16-24(22)26-18-8-10-20-28(26)27-19-9-7-17-25(27)23-15-5-3-13-21(23)11-1/h1-20H/b2-1-,11-1?,12-2?,21-11-,22-12-,25-23-,26-24-,28-27-. The van der Waals surface area contributed by atoms with Crippen molar-refractivity contribution in [2.24, 2.45) is 0 Å². The molecule has 0 atom stereocenters. The molecule has 5 rings (SSSR count). The fourth-order valence-electron chi connectivity index (χ4n) is 4.00. The Morgan fingerprint density at radius 2 is 0.571 bits per heavy atom. The Morgan fingerprint density at radius 3 is 0.964 bits per heavy atom. The maximum atomic E-state index is 2.24. The predicted molar refractivity (Wildman–Crippen MR) is 116 cm³/mol. The van der Waals surface area contributed by atoms with Crippen molar-refractivity contribution in [3.63, 3.8) is 0 Å². The first kappa shape index (κ1) is 16.5. The largest absolute Gasteiger partial charge is 0.0616 e. The van der Waals surface area contributed by atoms with Crippen molar-refractivity contribution in [1.29, 1.82) is 0 Å². The zero-order valence-corrected chi connectivity index (χ0v) is 15.5. The van der Waals surface area contributed by atoms with Gasteiger partial charge in [-0.3, -0.25) is 0 Å². The maximum absolute atomic E-state index is 2.24. The Balaban J connectivity index is 2.31. The van der Waals surface area contributed by atoms with Crippen LogP contribution in [0.2, 0.25) is 0 Å². The SMILES string of the molecule is C1=C\C=c2\cccc\c2=c2/cccc/c2=c2\cccc\c2=c2/cccc/c2=C/1. The number of rotatable bonds is 0. The van der Waals surface area contributed by atoms with Crippen LogP contribution in [0.3, 0.4) is 0 Å². The molecule has 0 heteroatoms. The van der Waals surface area contributed by atoms with Gasteiger partial charge in [0, 0.05) is 0 Å². The number of fused-ring (bicyclic) bond motifs is 4. The molecule has 132 valence electrons. The molecule has 0 heterocycles. The van der Waals surface area contributed by atoms with E-state index in [0.29, 0.717) is 0 Å². The van der Waals surface area contributed by atoms with E-state index >= 15 is 0 Å². The smallest absolute Gasteiger partial charge is 0.00990 e. The molecule has 0 radical (unpaired) electrons. The van der Waals surface area contributed by atoms with Gasteiger partial charge in [0.25, 0.3) is 0 Å². The molecule has 4 aromatic rings. The average molecular weight is 356 g/mol. The fraction of sp³-hybridized carbons (Fsp3) is 0. The van der Waals surface area contributed by atoms with Crippen molar-refractivity contribution in [2.45, 2.75) is 0 Å². The second-order valence-electron chi connectivity index (χ2n) is 6.98. The van der Waals surface area contributed by atoms with E-state index in [1.807, 2.05) is 0 Å². The summed E-state index contributed by atoms with van der Waals surface area (Å²) in [6, 6.07) is 34.7. The van der Waals surface area contributed by atoms with Gasteiger partial charge in [-0.1, -0.05) is 121 Å². The number of benzene rings is 4. The molecule has 0 aromatic heterocycles. The van der Waals surface area contributed by atoms with E-state index in [-0.39, 0.29) is 0 Å². The Morgan fingerprint density at radius 1 is 0.286 bits per heavy atom. The summed E-state index contributed by atoms with van der Waals surface area (Å²) >= 11 is 0. The van der Waals surface area contributed by atoms with Crippen molar-refractivity contribution < 1.29 is 0 Å². The first-order valence-electron chi connectivity index (χ1n) is 9.64. The molecule has 0 spiro atoms. The van der Waals surface area contributed by atoms with Crippen molar-refractivity contribution in [1.82, 2.24) is 0 Å². The fourth-order valence-corrected chi connectivity index (χ4v) is 4.00. The molecule has 0 N–H and O–H groups in total. The topological polar surface area (TPSA) is 0 Å². The van der Waals surface area contributed by atoms with Crippen LogP contribution in [0.4, 0.5) is 0 Å². The van der Waals surface area contributed by atoms with E-state index in [1.165, 1.54) is 41.7 Å². The van der Waals surface area contributed by atoms with Gasteiger partial charge < -0.3 is 0 Å². The first-order chi connectivity index (χ1) is 13.9. The van der Waals surface area contributed by atoms with Crippen LogP contribution in [-0.4, -0.2) is 0 Å². The molecular weight excluding hydrogens is 336 g/mol. The molecule has 0 fully saturated rings. The summed E-state index contributed by atoms with van der Waals surface area (Å²) in [7, 11) is 0. The lowest BCUT2D eigenvalue weighted by atomic mass is 10.1. The second-order valence-corrected chi connectivity index (χ2v) is 6.98. The van der Waals surface area contributed by atoms with E-state index in [0.717, 1.165) is 0 Å². The van der Waals surface area contributed by atoms with Crippen molar-refractivity contribution in [3.8, 4) is 0 Å². The third-order valence-electron chi connectivity index (χ3n) is 5.31. The molecule has 0 unspecified atom stereocenters. The Kier molecular flexibility index (Phi) is 4.23. The Hall–Kier alpha value is -3.64. The van der Waals surface area contributed by atoms with Gasteiger partial charge in [-0.05, 0) is 41.7 Å². The lowest BCUT2D eigenvalue weighted by Crippen LogP contribution is -2.04. The molecule has 0 saturated carbocycles. The number of allylic oxidation sites excluding steroid dienone is 2. The summed E-state index contributed by atoms with van der Waals surface area (Å²) in [5.74, 6) is 0. The van der Waals surface area contributed by atoms with Crippen LogP contribution >= 0.6 is 0 Å². The third-order valence-corrected chi connectivity index (χ3v) is 5.31. The highest BCUT2D eigenvalue weighted by Crippen LogP contribution is 2.05. The number of hydrogen-bond acceptors (Lipinski definition) is 0. The van der Waals surface area contributed by atoms with Gasteiger partial charge in [-0.25, -0.2) is 0 Å². The van der Waals surface area contributed by atoms with E-state index in [1.54, 1.807) is 0 Å². The maximum Gasteiger partial charge on any atom is -0.00990 e. The summed E-state index contributed by atoms with van der Waals surface area (Å²) in [6.07, 6.45) is 8.65. The summed E-state index contributed by atoms with van der Waals surface area (Å²) in [6.45, 7) is 0. The van der Waals surface area contributed by atoms with Gasteiger partial charge in [-0.2, -0.15) is 0 Å². The van der Waals surface area contributed by atoms with Crippen molar-refractivity contribution in [2.75, 3.05) is 0 Å². The summed E-state index contributed by atoms with van der Waals surface area (Å²) in [5.41, 5.74) is 0. The van der Waals surface area contributed by atoms with Crippen LogP contribution in [0, 0.1) is 31.3 Å². The minimum absolute atomic E-state index is 1.23. The molecule has 1 aliphatic carbocycles. The van der Waals surface area contributed by atoms with E-state index < -0.39 is 0 Å². The van der Waals surface area contributed by atoms with Gasteiger partial charge in [0.2, 0.25) is 0 Å². The van der Waals surface area contributed by atoms with Gasteiger partial charge in [0.1, 0.15) is 0 Å². The highest BCUT2D eigenvalue weighted by atomic mass is 14.0. The lowest BCUT2D eigenvalue weighted by Gasteiger charge is -1.98. The molecule has 0 amide bonds. The van der Waals surface area contributed by atoms with Crippen LogP contribution in [0.15, 0.2) is 109 Å². The quantitative estimate of drug-likeness (QED) is 0.429. The molecule has 0 saturated heterocycles. The van der Waals surface area contributed by atoms with Crippen LogP contribution in [0.1, 0.15) is 0 Å². The molecule has 0 aliphatic heterocycles. The molecular formula is C28H20. The van der Waals surface area contributed by atoms with Crippen LogP contribution in [0.5, 0.6) is 0 Å². The molecule has 0 nitrogen and oxygen atoms in total. The Bertz CT molecular complexity index is 1480. The zero-order chi connectivity index (χ0) is 18.8. The second kappa shape index (κ2) is 7.17. The van der Waals surface area contributed by atoms with E-state index in [4.69, 9.17) is 0 Å². The van der Waals surface area contributed by atoms with Gasteiger partial charge in [-0.15, -0.1) is 0 Å². The average Bonchev–Trinajstić information content (AvgIpc) is 2.77.